The van der Waals surface area contributed by atoms with E-state index in [0.29, 0.717) is 11.6 Å². The number of amides is 4. The third kappa shape index (κ3) is 3.43. The molecular weight excluding hydrogens is 328 g/mol. The summed E-state index contributed by atoms with van der Waals surface area (Å²) >= 11 is 1.55. The van der Waals surface area contributed by atoms with Crippen molar-refractivity contribution in [3.05, 3.63) is 10.6 Å². The SMILES string of the molecule is CC1(C)NC(=O)N(CCCC(=O)Nc2nc3c(s2)CCCC3)C1=O. The number of nitrogens with zero attached hydrogens (tertiary/aromatic N) is 2. The smallest absolute Gasteiger partial charge is 0.324 e. The Hall–Kier alpha value is -1.96. The van der Waals surface area contributed by atoms with Crippen molar-refractivity contribution < 1.29 is 14.4 Å². The summed E-state index contributed by atoms with van der Waals surface area (Å²) in [4.78, 5) is 42.8. The Morgan fingerprint density at radius 3 is 2.75 bits per heavy atom. The number of imide groups is 1. The van der Waals surface area contributed by atoms with Gasteiger partial charge in [-0.3, -0.25) is 14.5 Å². The van der Waals surface area contributed by atoms with Crippen LogP contribution in [0.4, 0.5) is 9.93 Å². The lowest BCUT2D eigenvalue weighted by molar-refractivity contribution is -0.130. The fourth-order valence-corrected chi connectivity index (χ4v) is 4.07. The van der Waals surface area contributed by atoms with Gasteiger partial charge < -0.3 is 10.6 Å². The van der Waals surface area contributed by atoms with Crippen LogP contribution in [-0.2, 0) is 22.4 Å². The van der Waals surface area contributed by atoms with Crippen LogP contribution >= 0.6 is 11.3 Å². The van der Waals surface area contributed by atoms with E-state index in [9.17, 15) is 14.4 Å². The summed E-state index contributed by atoms with van der Waals surface area (Å²) in [6, 6.07) is -0.391. The number of aromatic nitrogens is 1. The summed E-state index contributed by atoms with van der Waals surface area (Å²) in [5, 5.41) is 6.11. The molecule has 0 aromatic carbocycles. The van der Waals surface area contributed by atoms with Gasteiger partial charge in [-0.15, -0.1) is 11.3 Å². The highest BCUT2D eigenvalue weighted by molar-refractivity contribution is 7.15. The molecule has 2 heterocycles. The zero-order valence-electron chi connectivity index (χ0n) is 14.0. The zero-order valence-corrected chi connectivity index (χ0v) is 14.8. The van der Waals surface area contributed by atoms with Crippen molar-refractivity contribution in [1.82, 2.24) is 15.2 Å². The molecule has 8 heteroatoms. The van der Waals surface area contributed by atoms with Gasteiger partial charge in [0, 0.05) is 17.8 Å². The predicted molar refractivity (Wildman–Crippen MR) is 90.9 cm³/mol. The molecule has 2 aliphatic rings. The van der Waals surface area contributed by atoms with Crippen LogP contribution in [0.2, 0.25) is 0 Å². The van der Waals surface area contributed by atoms with Crippen LogP contribution < -0.4 is 10.6 Å². The van der Waals surface area contributed by atoms with Crippen LogP contribution in [0.5, 0.6) is 0 Å². The molecule has 0 spiro atoms. The van der Waals surface area contributed by atoms with Gasteiger partial charge in [-0.1, -0.05) is 0 Å². The Labute approximate surface area is 144 Å². The molecule has 2 N–H and O–H groups in total. The maximum atomic E-state index is 12.1. The number of aryl methyl sites for hydroxylation is 2. The predicted octanol–water partition coefficient (Wildman–Crippen LogP) is 2.07. The van der Waals surface area contributed by atoms with Crippen molar-refractivity contribution in [2.24, 2.45) is 0 Å². The van der Waals surface area contributed by atoms with Crippen LogP contribution in [-0.4, -0.2) is 39.8 Å². The van der Waals surface area contributed by atoms with Crippen molar-refractivity contribution >= 4 is 34.3 Å². The fraction of sp³-hybridized carbons (Fsp3) is 0.625. The van der Waals surface area contributed by atoms with Gasteiger partial charge in [0.05, 0.1) is 5.69 Å². The summed E-state index contributed by atoms with van der Waals surface area (Å²) in [5.74, 6) is -0.382. The Morgan fingerprint density at radius 2 is 2.08 bits per heavy atom. The molecule has 3 rings (SSSR count). The number of urea groups is 1. The van der Waals surface area contributed by atoms with Crippen molar-refractivity contribution in [3.63, 3.8) is 0 Å². The van der Waals surface area contributed by atoms with Crippen LogP contribution in [0, 0.1) is 0 Å². The van der Waals surface area contributed by atoms with Gasteiger partial charge in [0.15, 0.2) is 5.13 Å². The minimum absolute atomic E-state index is 0.132. The Kier molecular flexibility index (Phi) is 4.58. The first kappa shape index (κ1) is 16.9. The van der Waals surface area contributed by atoms with E-state index in [1.54, 1.807) is 25.2 Å². The molecule has 1 saturated heterocycles. The van der Waals surface area contributed by atoms with Gasteiger partial charge in [0.1, 0.15) is 5.54 Å². The number of thiazole rings is 1. The topological polar surface area (TPSA) is 91.4 Å². The summed E-state index contributed by atoms with van der Waals surface area (Å²) in [7, 11) is 0. The summed E-state index contributed by atoms with van der Waals surface area (Å²) in [5.41, 5.74) is 0.252. The second-order valence-corrected chi connectivity index (χ2v) is 7.84. The third-order valence-corrected chi connectivity index (χ3v) is 5.39. The molecule has 0 saturated carbocycles. The van der Waals surface area contributed by atoms with Crippen LogP contribution in [0.25, 0.3) is 0 Å². The second kappa shape index (κ2) is 6.51. The molecule has 4 amide bonds. The van der Waals surface area contributed by atoms with Gasteiger partial charge in [-0.05, 0) is 46.0 Å². The molecule has 1 fully saturated rings. The molecule has 0 atom stereocenters. The highest BCUT2D eigenvalue weighted by Crippen LogP contribution is 2.29. The summed E-state index contributed by atoms with van der Waals surface area (Å²) in [6.07, 6.45) is 5.07. The molecule has 0 radical (unpaired) electrons. The minimum Gasteiger partial charge on any atom is -0.324 e. The number of nitrogens with one attached hydrogen (secondary N) is 2. The molecule has 1 aromatic rings. The number of anilines is 1. The van der Waals surface area contributed by atoms with E-state index in [-0.39, 0.29) is 24.8 Å². The lowest BCUT2D eigenvalue weighted by atomic mass is 10.0. The molecule has 1 aliphatic carbocycles. The fourth-order valence-electron chi connectivity index (χ4n) is 3.01. The molecule has 130 valence electrons. The third-order valence-electron chi connectivity index (χ3n) is 4.32. The number of fused-ring (bicyclic) bond motifs is 1. The molecule has 1 aliphatic heterocycles. The van der Waals surface area contributed by atoms with Crippen LogP contribution in [0.3, 0.4) is 0 Å². The molecule has 1 aromatic heterocycles. The lowest BCUT2D eigenvalue weighted by Gasteiger charge is -2.15. The molecule has 7 nitrogen and oxygen atoms in total. The quantitative estimate of drug-likeness (QED) is 0.795. The lowest BCUT2D eigenvalue weighted by Crippen LogP contribution is -2.40. The highest BCUT2D eigenvalue weighted by Gasteiger charge is 2.43. The normalized spacial score (nSPS) is 19.2. The van der Waals surface area contributed by atoms with Gasteiger partial charge in [-0.25, -0.2) is 9.78 Å². The Balaban J connectivity index is 1.47. The first-order valence-electron chi connectivity index (χ1n) is 8.29. The van der Waals surface area contributed by atoms with Crippen LogP contribution in [0.15, 0.2) is 0 Å². The van der Waals surface area contributed by atoms with Crippen molar-refractivity contribution in [2.45, 2.75) is 57.9 Å². The van der Waals surface area contributed by atoms with Crippen molar-refractivity contribution in [2.75, 3.05) is 11.9 Å². The molecule has 0 unspecified atom stereocenters. The van der Waals surface area contributed by atoms with Gasteiger partial charge in [-0.2, -0.15) is 0 Å². The second-order valence-electron chi connectivity index (χ2n) is 6.76. The van der Waals surface area contributed by atoms with Gasteiger partial charge in [0.25, 0.3) is 5.91 Å². The van der Waals surface area contributed by atoms with E-state index >= 15 is 0 Å². The van der Waals surface area contributed by atoms with E-state index in [0.717, 1.165) is 25.0 Å². The standard InChI is InChI=1S/C16H22N4O3S/c1-16(2)13(22)20(15(23)19-16)9-5-8-12(21)18-14-17-10-6-3-4-7-11(10)24-14/h3-9H2,1-2H3,(H,19,23)(H,17,18,21). The Morgan fingerprint density at radius 1 is 1.33 bits per heavy atom. The highest BCUT2D eigenvalue weighted by atomic mass is 32.1. The summed E-state index contributed by atoms with van der Waals surface area (Å²) < 4.78 is 0. The first-order chi connectivity index (χ1) is 11.4. The Bertz CT molecular complexity index is 659. The zero-order chi connectivity index (χ0) is 17.3. The number of hydrogen-bond acceptors (Lipinski definition) is 5. The average Bonchev–Trinajstić information content (AvgIpc) is 2.99. The van der Waals surface area contributed by atoms with E-state index in [1.165, 1.54) is 16.2 Å². The average molecular weight is 350 g/mol. The number of carbonyl (C=O) groups excluding carboxylic acids is 3. The van der Waals surface area contributed by atoms with E-state index in [1.807, 2.05) is 0 Å². The molecule has 24 heavy (non-hydrogen) atoms. The summed E-state index contributed by atoms with van der Waals surface area (Å²) in [6.45, 7) is 3.59. The number of carbonyl (C=O) groups is 3. The monoisotopic (exact) mass is 350 g/mol. The first-order valence-corrected chi connectivity index (χ1v) is 9.11. The maximum Gasteiger partial charge on any atom is 0.325 e. The minimum atomic E-state index is -0.862. The van der Waals surface area contributed by atoms with Crippen LogP contribution in [0.1, 0.15) is 50.1 Å². The maximum absolute atomic E-state index is 12.1. The largest absolute Gasteiger partial charge is 0.325 e. The number of hydrogen-bond donors (Lipinski definition) is 2. The van der Waals surface area contributed by atoms with E-state index in [4.69, 9.17) is 0 Å². The number of rotatable bonds is 5. The molecular formula is C16H22N4O3S. The van der Waals surface area contributed by atoms with Crippen molar-refractivity contribution in [3.8, 4) is 0 Å². The van der Waals surface area contributed by atoms with E-state index in [2.05, 4.69) is 15.6 Å². The van der Waals surface area contributed by atoms with E-state index < -0.39 is 11.6 Å². The van der Waals surface area contributed by atoms with Gasteiger partial charge >= 0.3 is 6.03 Å². The molecule has 0 bridgehead atoms. The van der Waals surface area contributed by atoms with Crippen molar-refractivity contribution in [1.29, 1.82) is 0 Å². The van der Waals surface area contributed by atoms with Gasteiger partial charge in [0.2, 0.25) is 5.91 Å².